The maximum Gasteiger partial charge on any atom is 0.118 e. The van der Waals surface area contributed by atoms with Crippen LogP contribution < -0.4 is 4.74 Å². The molecule has 0 aliphatic carbocycles. The minimum absolute atomic E-state index is 0.890. The van der Waals surface area contributed by atoms with E-state index in [1.165, 1.54) is 11.3 Å². The van der Waals surface area contributed by atoms with E-state index in [2.05, 4.69) is 29.2 Å². The van der Waals surface area contributed by atoms with Crippen molar-refractivity contribution in [1.29, 1.82) is 0 Å². The Bertz CT molecular complexity index is 356. The molecule has 0 saturated heterocycles. The number of hydrogen-bond donors (Lipinski definition) is 0. The van der Waals surface area contributed by atoms with Gasteiger partial charge in [-0.3, -0.25) is 5.01 Å². The van der Waals surface area contributed by atoms with Crippen molar-refractivity contribution in [1.82, 2.24) is 5.01 Å². The lowest BCUT2D eigenvalue weighted by Crippen LogP contribution is -2.13. The second-order valence-electron chi connectivity index (χ2n) is 3.82. The highest BCUT2D eigenvalue weighted by Crippen LogP contribution is 2.15. The fraction of sp³-hybridized carbons (Fsp3) is 0.417. The monoisotopic (exact) mass is 204 g/mol. The first-order valence-corrected chi connectivity index (χ1v) is 5.20. The van der Waals surface area contributed by atoms with E-state index in [-0.39, 0.29) is 0 Å². The first kappa shape index (κ1) is 10.0. The van der Waals surface area contributed by atoms with Crippen molar-refractivity contribution in [3.8, 4) is 5.75 Å². The maximum atomic E-state index is 5.12. The van der Waals surface area contributed by atoms with E-state index in [4.69, 9.17) is 4.74 Å². The van der Waals surface area contributed by atoms with Gasteiger partial charge in [-0.1, -0.05) is 12.1 Å². The summed E-state index contributed by atoms with van der Waals surface area (Å²) in [6.07, 6.45) is 1.09. The Kier molecular flexibility index (Phi) is 2.90. The van der Waals surface area contributed by atoms with Gasteiger partial charge in [-0.25, -0.2) is 0 Å². The third kappa shape index (κ3) is 2.49. The van der Waals surface area contributed by atoms with Crippen LogP contribution in [0.1, 0.15) is 18.9 Å². The summed E-state index contributed by atoms with van der Waals surface area (Å²) in [5.41, 5.74) is 2.50. The number of hydrazone groups is 1. The van der Waals surface area contributed by atoms with Gasteiger partial charge in [-0.05, 0) is 24.6 Å². The predicted octanol–water partition coefficient (Wildman–Crippen LogP) is 2.28. The van der Waals surface area contributed by atoms with Crippen LogP contribution in [0.15, 0.2) is 29.4 Å². The van der Waals surface area contributed by atoms with Gasteiger partial charge in [0, 0.05) is 18.7 Å². The highest BCUT2D eigenvalue weighted by Gasteiger charge is 2.10. The molecule has 1 aliphatic heterocycles. The van der Waals surface area contributed by atoms with Crippen LogP contribution in [0.5, 0.6) is 5.75 Å². The van der Waals surface area contributed by atoms with Crippen LogP contribution in [0.3, 0.4) is 0 Å². The minimum Gasteiger partial charge on any atom is -0.497 e. The van der Waals surface area contributed by atoms with Gasteiger partial charge < -0.3 is 4.74 Å². The van der Waals surface area contributed by atoms with Crippen molar-refractivity contribution in [2.24, 2.45) is 5.10 Å². The third-order valence-corrected chi connectivity index (χ3v) is 2.57. The van der Waals surface area contributed by atoms with Crippen molar-refractivity contribution >= 4 is 5.71 Å². The summed E-state index contributed by atoms with van der Waals surface area (Å²) in [6.45, 7) is 4.01. The summed E-state index contributed by atoms with van der Waals surface area (Å²) in [4.78, 5) is 0. The van der Waals surface area contributed by atoms with E-state index in [1.807, 2.05) is 12.1 Å². The average Bonchev–Trinajstić information content (AvgIpc) is 2.65. The Morgan fingerprint density at radius 2 is 2.07 bits per heavy atom. The molecule has 0 fully saturated rings. The van der Waals surface area contributed by atoms with Crippen LogP contribution >= 0.6 is 0 Å². The summed E-state index contributed by atoms with van der Waals surface area (Å²) in [5.74, 6) is 0.903. The van der Waals surface area contributed by atoms with Gasteiger partial charge in [-0.15, -0.1) is 0 Å². The molecule has 0 radical (unpaired) electrons. The second kappa shape index (κ2) is 4.34. The summed E-state index contributed by atoms with van der Waals surface area (Å²) in [6, 6.07) is 8.15. The van der Waals surface area contributed by atoms with Crippen LogP contribution in [-0.2, 0) is 6.54 Å². The average molecular weight is 204 g/mol. The molecule has 0 unspecified atom stereocenters. The molecule has 1 aliphatic rings. The molecule has 80 valence electrons. The first-order valence-electron chi connectivity index (χ1n) is 5.20. The lowest BCUT2D eigenvalue weighted by atomic mass is 10.2. The maximum absolute atomic E-state index is 5.12. The van der Waals surface area contributed by atoms with Crippen molar-refractivity contribution in [2.75, 3.05) is 13.7 Å². The zero-order chi connectivity index (χ0) is 10.7. The van der Waals surface area contributed by atoms with E-state index < -0.39 is 0 Å². The van der Waals surface area contributed by atoms with Gasteiger partial charge in [0.2, 0.25) is 0 Å². The summed E-state index contributed by atoms with van der Waals surface area (Å²) in [5, 5.41) is 6.55. The molecule has 0 amide bonds. The Morgan fingerprint density at radius 1 is 1.33 bits per heavy atom. The van der Waals surface area contributed by atoms with Crippen molar-refractivity contribution in [2.45, 2.75) is 19.9 Å². The largest absolute Gasteiger partial charge is 0.497 e. The lowest BCUT2D eigenvalue weighted by Gasteiger charge is -2.13. The predicted molar refractivity (Wildman–Crippen MR) is 61.1 cm³/mol. The highest BCUT2D eigenvalue weighted by molar-refractivity contribution is 5.82. The van der Waals surface area contributed by atoms with Gasteiger partial charge in [-0.2, -0.15) is 5.10 Å². The highest BCUT2D eigenvalue weighted by atomic mass is 16.5. The Hall–Kier alpha value is -1.51. The van der Waals surface area contributed by atoms with Gasteiger partial charge >= 0.3 is 0 Å². The fourth-order valence-electron chi connectivity index (χ4n) is 1.69. The topological polar surface area (TPSA) is 24.8 Å². The molecule has 0 N–H and O–H groups in total. The van der Waals surface area contributed by atoms with Gasteiger partial charge in [0.1, 0.15) is 5.75 Å². The van der Waals surface area contributed by atoms with Crippen LogP contribution in [0, 0.1) is 0 Å². The van der Waals surface area contributed by atoms with Crippen LogP contribution in [0.2, 0.25) is 0 Å². The number of rotatable bonds is 3. The minimum atomic E-state index is 0.890. The number of methoxy groups -OCH3 is 1. The quantitative estimate of drug-likeness (QED) is 0.754. The molecule has 0 atom stereocenters. The van der Waals surface area contributed by atoms with E-state index in [9.17, 15) is 0 Å². The van der Waals surface area contributed by atoms with Crippen molar-refractivity contribution in [3.05, 3.63) is 29.8 Å². The molecule has 3 heteroatoms. The summed E-state index contributed by atoms with van der Waals surface area (Å²) >= 11 is 0. The lowest BCUT2D eigenvalue weighted by molar-refractivity contribution is 0.310. The number of hydrogen-bond acceptors (Lipinski definition) is 3. The van der Waals surface area contributed by atoms with Crippen LogP contribution in [0.25, 0.3) is 0 Å². The Labute approximate surface area is 90.4 Å². The van der Waals surface area contributed by atoms with Gasteiger partial charge in [0.15, 0.2) is 0 Å². The normalized spacial score (nSPS) is 15.3. The molecule has 0 saturated carbocycles. The van der Waals surface area contributed by atoms with Crippen LogP contribution in [0.4, 0.5) is 0 Å². The molecule has 0 aromatic heterocycles. The molecule has 0 spiro atoms. The van der Waals surface area contributed by atoms with E-state index in [0.717, 1.165) is 25.3 Å². The SMILES string of the molecule is COc1ccc(CN2CCC(C)=N2)cc1. The number of benzene rings is 1. The van der Waals surface area contributed by atoms with Crippen molar-refractivity contribution < 1.29 is 4.74 Å². The standard InChI is InChI=1S/C12H16N2O/c1-10-7-8-14(13-10)9-11-3-5-12(15-2)6-4-11/h3-6H,7-9H2,1-2H3. The summed E-state index contributed by atoms with van der Waals surface area (Å²) in [7, 11) is 1.68. The van der Waals surface area contributed by atoms with Crippen LogP contribution in [-0.4, -0.2) is 24.4 Å². The Balaban J connectivity index is 1.99. The molecular formula is C12H16N2O. The van der Waals surface area contributed by atoms with Gasteiger partial charge in [0.05, 0.1) is 13.7 Å². The first-order chi connectivity index (χ1) is 7.28. The number of ether oxygens (including phenoxy) is 1. The smallest absolute Gasteiger partial charge is 0.118 e. The van der Waals surface area contributed by atoms with E-state index >= 15 is 0 Å². The molecule has 3 nitrogen and oxygen atoms in total. The molecule has 2 rings (SSSR count). The molecular weight excluding hydrogens is 188 g/mol. The third-order valence-electron chi connectivity index (χ3n) is 2.57. The molecule has 1 aromatic rings. The molecule has 15 heavy (non-hydrogen) atoms. The van der Waals surface area contributed by atoms with E-state index in [0.29, 0.717) is 0 Å². The zero-order valence-electron chi connectivity index (χ0n) is 9.23. The zero-order valence-corrected chi connectivity index (χ0v) is 9.23. The Morgan fingerprint density at radius 3 is 2.60 bits per heavy atom. The second-order valence-corrected chi connectivity index (χ2v) is 3.82. The number of nitrogens with zero attached hydrogens (tertiary/aromatic N) is 2. The molecule has 0 bridgehead atoms. The van der Waals surface area contributed by atoms with E-state index in [1.54, 1.807) is 7.11 Å². The molecule has 1 aromatic carbocycles. The summed E-state index contributed by atoms with van der Waals surface area (Å²) < 4.78 is 5.12. The van der Waals surface area contributed by atoms with Crippen molar-refractivity contribution in [3.63, 3.8) is 0 Å². The van der Waals surface area contributed by atoms with Gasteiger partial charge in [0.25, 0.3) is 0 Å². The molecule has 1 heterocycles. The fourth-order valence-corrected chi connectivity index (χ4v) is 1.69.